The third-order valence-corrected chi connectivity index (χ3v) is 4.02. The van der Waals surface area contributed by atoms with Gasteiger partial charge in [-0.3, -0.25) is 4.79 Å². The first kappa shape index (κ1) is 15.2. The Morgan fingerprint density at radius 1 is 1.22 bits per heavy atom. The van der Waals surface area contributed by atoms with Crippen molar-refractivity contribution in [2.75, 3.05) is 11.1 Å². The molecule has 3 rings (SSSR count). The SMILES string of the molecule is Nc1cccc(-c2csc(CC(=O)Nc3ccc(F)cc3)n2)c1. The van der Waals surface area contributed by atoms with Crippen LogP contribution >= 0.6 is 11.3 Å². The molecule has 1 amide bonds. The van der Waals surface area contributed by atoms with Crippen molar-refractivity contribution in [1.29, 1.82) is 0 Å². The first-order chi connectivity index (χ1) is 11.1. The van der Waals surface area contributed by atoms with Crippen LogP contribution in [0.1, 0.15) is 5.01 Å². The molecule has 0 unspecified atom stereocenters. The summed E-state index contributed by atoms with van der Waals surface area (Å²) in [4.78, 5) is 16.5. The Morgan fingerprint density at radius 3 is 2.74 bits per heavy atom. The summed E-state index contributed by atoms with van der Waals surface area (Å²) >= 11 is 1.42. The van der Waals surface area contributed by atoms with E-state index in [4.69, 9.17) is 5.73 Å². The Bertz CT molecular complexity index is 830. The van der Waals surface area contributed by atoms with Crippen molar-refractivity contribution in [2.24, 2.45) is 0 Å². The second kappa shape index (κ2) is 6.58. The Labute approximate surface area is 136 Å². The lowest BCUT2D eigenvalue weighted by Gasteiger charge is -2.03. The number of carbonyl (C=O) groups excluding carboxylic acids is 1. The summed E-state index contributed by atoms with van der Waals surface area (Å²) in [5.74, 6) is -0.528. The van der Waals surface area contributed by atoms with Crippen molar-refractivity contribution in [1.82, 2.24) is 4.98 Å². The molecule has 0 aliphatic rings. The van der Waals surface area contributed by atoms with Crippen LogP contribution in [0.4, 0.5) is 15.8 Å². The molecule has 0 spiro atoms. The number of thiazole rings is 1. The van der Waals surface area contributed by atoms with Crippen LogP contribution < -0.4 is 11.1 Å². The number of nitrogens with two attached hydrogens (primary N) is 1. The van der Waals surface area contributed by atoms with E-state index in [9.17, 15) is 9.18 Å². The molecule has 0 bridgehead atoms. The van der Waals surface area contributed by atoms with E-state index in [1.807, 2.05) is 29.6 Å². The van der Waals surface area contributed by atoms with Crippen molar-refractivity contribution >= 4 is 28.6 Å². The van der Waals surface area contributed by atoms with Crippen LogP contribution in [-0.4, -0.2) is 10.9 Å². The molecule has 0 aliphatic carbocycles. The van der Waals surface area contributed by atoms with Gasteiger partial charge in [-0.2, -0.15) is 0 Å². The highest BCUT2D eigenvalue weighted by atomic mass is 32.1. The molecule has 0 atom stereocenters. The Hall–Kier alpha value is -2.73. The van der Waals surface area contributed by atoms with Crippen LogP contribution in [0.3, 0.4) is 0 Å². The molecule has 3 aromatic rings. The van der Waals surface area contributed by atoms with Gasteiger partial charge >= 0.3 is 0 Å². The molecule has 23 heavy (non-hydrogen) atoms. The molecule has 4 nitrogen and oxygen atoms in total. The van der Waals surface area contributed by atoms with Gasteiger partial charge in [0, 0.05) is 22.3 Å². The van der Waals surface area contributed by atoms with E-state index in [0.29, 0.717) is 16.4 Å². The van der Waals surface area contributed by atoms with Crippen molar-refractivity contribution < 1.29 is 9.18 Å². The second-order valence-electron chi connectivity index (χ2n) is 4.98. The minimum Gasteiger partial charge on any atom is -0.399 e. The highest BCUT2D eigenvalue weighted by molar-refractivity contribution is 7.10. The van der Waals surface area contributed by atoms with E-state index >= 15 is 0 Å². The lowest BCUT2D eigenvalue weighted by Crippen LogP contribution is -2.14. The van der Waals surface area contributed by atoms with Crippen LogP contribution in [0.2, 0.25) is 0 Å². The average molecular weight is 327 g/mol. The molecule has 0 saturated carbocycles. The monoisotopic (exact) mass is 327 g/mol. The third kappa shape index (κ3) is 3.92. The highest BCUT2D eigenvalue weighted by Crippen LogP contribution is 2.24. The molecule has 0 radical (unpaired) electrons. The molecule has 6 heteroatoms. The summed E-state index contributed by atoms with van der Waals surface area (Å²) in [5.41, 5.74) is 8.72. The van der Waals surface area contributed by atoms with Gasteiger partial charge in [0.25, 0.3) is 0 Å². The first-order valence-electron chi connectivity index (χ1n) is 6.96. The summed E-state index contributed by atoms with van der Waals surface area (Å²) < 4.78 is 12.8. The lowest BCUT2D eigenvalue weighted by molar-refractivity contribution is -0.115. The number of anilines is 2. The summed E-state index contributed by atoms with van der Waals surface area (Å²) in [6.45, 7) is 0. The van der Waals surface area contributed by atoms with Gasteiger partial charge in [0.1, 0.15) is 10.8 Å². The van der Waals surface area contributed by atoms with Crippen LogP contribution in [-0.2, 0) is 11.2 Å². The van der Waals surface area contributed by atoms with E-state index in [0.717, 1.165) is 11.3 Å². The highest BCUT2D eigenvalue weighted by Gasteiger charge is 2.10. The number of nitrogens with one attached hydrogen (secondary N) is 1. The maximum Gasteiger partial charge on any atom is 0.231 e. The zero-order chi connectivity index (χ0) is 16.2. The molecular weight excluding hydrogens is 313 g/mol. The van der Waals surface area contributed by atoms with Gasteiger partial charge < -0.3 is 11.1 Å². The summed E-state index contributed by atoms with van der Waals surface area (Å²) in [7, 11) is 0. The molecule has 116 valence electrons. The fraction of sp³-hybridized carbons (Fsp3) is 0.0588. The van der Waals surface area contributed by atoms with E-state index in [2.05, 4.69) is 10.3 Å². The quantitative estimate of drug-likeness (QED) is 0.718. The molecule has 0 saturated heterocycles. The van der Waals surface area contributed by atoms with Crippen molar-refractivity contribution in [3.63, 3.8) is 0 Å². The number of halogens is 1. The molecule has 1 aromatic heterocycles. The zero-order valence-corrected chi connectivity index (χ0v) is 12.9. The smallest absolute Gasteiger partial charge is 0.231 e. The van der Waals surface area contributed by atoms with Gasteiger partial charge in [-0.1, -0.05) is 12.1 Å². The predicted molar refractivity (Wildman–Crippen MR) is 90.7 cm³/mol. The number of aromatic nitrogens is 1. The number of hydrogen-bond acceptors (Lipinski definition) is 4. The predicted octanol–water partition coefficient (Wildman–Crippen LogP) is 3.71. The largest absolute Gasteiger partial charge is 0.399 e. The van der Waals surface area contributed by atoms with Crippen LogP contribution in [0, 0.1) is 5.82 Å². The maximum absolute atomic E-state index is 12.8. The molecule has 1 heterocycles. The number of hydrogen-bond donors (Lipinski definition) is 2. The van der Waals surface area contributed by atoms with E-state index < -0.39 is 0 Å². The number of nitrogen functional groups attached to an aromatic ring is 1. The Morgan fingerprint density at radius 2 is 2.00 bits per heavy atom. The van der Waals surface area contributed by atoms with E-state index in [1.165, 1.54) is 35.6 Å². The summed E-state index contributed by atoms with van der Waals surface area (Å²) in [6, 6.07) is 13.1. The van der Waals surface area contributed by atoms with Gasteiger partial charge in [0.15, 0.2) is 0 Å². The average Bonchev–Trinajstić information content (AvgIpc) is 2.98. The Balaban J connectivity index is 1.66. The number of amides is 1. The zero-order valence-electron chi connectivity index (χ0n) is 12.1. The topological polar surface area (TPSA) is 68.0 Å². The first-order valence-corrected chi connectivity index (χ1v) is 7.84. The summed E-state index contributed by atoms with van der Waals surface area (Å²) in [5, 5.41) is 5.33. The normalized spacial score (nSPS) is 10.5. The Kier molecular flexibility index (Phi) is 4.34. The minimum atomic E-state index is -0.338. The standard InChI is InChI=1S/C17H14FN3OS/c18-12-4-6-14(7-5-12)20-16(22)9-17-21-15(10-23-17)11-2-1-3-13(19)8-11/h1-8,10H,9,19H2,(H,20,22). The molecule has 0 fully saturated rings. The number of carbonyl (C=O) groups is 1. The van der Waals surface area contributed by atoms with Gasteiger partial charge in [-0.15, -0.1) is 11.3 Å². The van der Waals surface area contributed by atoms with Crippen LogP contribution in [0.5, 0.6) is 0 Å². The molecule has 0 aliphatic heterocycles. The van der Waals surface area contributed by atoms with E-state index in [1.54, 1.807) is 0 Å². The van der Waals surface area contributed by atoms with E-state index in [-0.39, 0.29) is 18.1 Å². The number of rotatable bonds is 4. The maximum atomic E-state index is 12.8. The number of benzene rings is 2. The number of nitrogens with zero attached hydrogens (tertiary/aromatic N) is 1. The van der Waals surface area contributed by atoms with Crippen LogP contribution in [0.15, 0.2) is 53.9 Å². The van der Waals surface area contributed by atoms with Crippen LogP contribution in [0.25, 0.3) is 11.3 Å². The molecule has 3 N–H and O–H groups in total. The van der Waals surface area contributed by atoms with Gasteiger partial charge in [-0.25, -0.2) is 9.37 Å². The van der Waals surface area contributed by atoms with Gasteiger partial charge in [0.05, 0.1) is 12.1 Å². The summed E-state index contributed by atoms with van der Waals surface area (Å²) in [6.07, 6.45) is 0.171. The molecule has 2 aromatic carbocycles. The lowest BCUT2D eigenvalue weighted by atomic mass is 10.1. The molecular formula is C17H14FN3OS. The van der Waals surface area contributed by atoms with Crippen molar-refractivity contribution in [3.05, 3.63) is 64.7 Å². The fourth-order valence-corrected chi connectivity index (χ4v) is 2.90. The minimum absolute atomic E-state index is 0.171. The van der Waals surface area contributed by atoms with Gasteiger partial charge in [0.2, 0.25) is 5.91 Å². The second-order valence-corrected chi connectivity index (χ2v) is 5.93. The third-order valence-electron chi connectivity index (χ3n) is 3.17. The fourth-order valence-electron chi connectivity index (χ4n) is 2.10. The van der Waals surface area contributed by atoms with Gasteiger partial charge in [-0.05, 0) is 36.4 Å². The van der Waals surface area contributed by atoms with Crippen molar-refractivity contribution in [3.8, 4) is 11.3 Å². The van der Waals surface area contributed by atoms with Crippen molar-refractivity contribution in [2.45, 2.75) is 6.42 Å².